The van der Waals surface area contributed by atoms with Crippen LogP contribution in [0.4, 0.5) is 10.7 Å². The molecule has 1 aromatic heterocycles. The third-order valence-corrected chi connectivity index (χ3v) is 7.50. The standard InChI is InChI=1S/C21H28N6O4S/c1-2-18-22-20(24-27(18)16-8-4-3-5-9-16)23-19(28)17-10-6-7-11-26(17)21(29)25-12-14-32(30,31)15-13-25/h3-5,8-9,17H,2,6-7,10-15H2,1H3,(H,23,24,28)/t17-/m0/s1. The maximum Gasteiger partial charge on any atom is 0.320 e. The summed E-state index contributed by atoms with van der Waals surface area (Å²) in [5, 5.41) is 7.24. The van der Waals surface area contributed by atoms with E-state index in [1.165, 1.54) is 4.90 Å². The fraction of sp³-hybridized carbons (Fsp3) is 0.524. The zero-order chi connectivity index (χ0) is 22.7. The molecular weight excluding hydrogens is 432 g/mol. The Hall–Kier alpha value is -2.95. The highest BCUT2D eigenvalue weighted by Gasteiger charge is 2.36. The lowest BCUT2D eigenvalue weighted by Crippen LogP contribution is -2.56. The molecule has 2 fully saturated rings. The van der Waals surface area contributed by atoms with E-state index in [1.807, 2.05) is 37.3 Å². The van der Waals surface area contributed by atoms with Crippen LogP contribution in [-0.2, 0) is 21.1 Å². The summed E-state index contributed by atoms with van der Waals surface area (Å²) in [6, 6.07) is 8.65. The van der Waals surface area contributed by atoms with Crippen molar-refractivity contribution in [1.82, 2.24) is 24.6 Å². The number of urea groups is 1. The molecule has 0 unspecified atom stereocenters. The lowest BCUT2D eigenvalue weighted by molar-refractivity contribution is -0.121. The maximum absolute atomic E-state index is 13.1. The largest absolute Gasteiger partial charge is 0.323 e. The molecule has 10 nitrogen and oxygen atoms in total. The summed E-state index contributed by atoms with van der Waals surface area (Å²) in [5.74, 6) is 0.527. The van der Waals surface area contributed by atoms with Crippen LogP contribution in [0.25, 0.3) is 5.69 Å². The van der Waals surface area contributed by atoms with Crippen LogP contribution in [0.15, 0.2) is 30.3 Å². The highest BCUT2D eigenvalue weighted by Crippen LogP contribution is 2.21. The van der Waals surface area contributed by atoms with Crippen molar-refractivity contribution in [3.63, 3.8) is 0 Å². The molecule has 1 aromatic carbocycles. The molecule has 1 atom stereocenters. The van der Waals surface area contributed by atoms with Gasteiger partial charge in [-0.3, -0.25) is 10.1 Å². The van der Waals surface area contributed by atoms with Crippen LogP contribution in [0, 0.1) is 0 Å². The highest BCUT2D eigenvalue weighted by molar-refractivity contribution is 7.91. The van der Waals surface area contributed by atoms with E-state index in [2.05, 4.69) is 15.4 Å². The highest BCUT2D eigenvalue weighted by atomic mass is 32.2. The molecule has 0 bridgehead atoms. The predicted octanol–water partition coefficient (Wildman–Crippen LogP) is 1.47. The van der Waals surface area contributed by atoms with Gasteiger partial charge in [-0.2, -0.15) is 4.98 Å². The van der Waals surface area contributed by atoms with Gasteiger partial charge >= 0.3 is 6.03 Å². The first kappa shape index (κ1) is 22.3. The third-order valence-electron chi connectivity index (χ3n) is 5.89. The Morgan fingerprint density at radius 3 is 2.50 bits per heavy atom. The minimum absolute atomic E-state index is 0.0376. The van der Waals surface area contributed by atoms with Crippen molar-refractivity contribution in [2.24, 2.45) is 0 Å². The number of aryl methyl sites for hydroxylation is 1. The molecule has 3 heterocycles. The molecule has 4 rings (SSSR count). The zero-order valence-corrected chi connectivity index (χ0v) is 18.9. The van der Waals surface area contributed by atoms with Crippen molar-refractivity contribution in [3.8, 4) is 5.69 Å². The van der Waals surface area contributed by atoms with E-state index < -0.39 is 15.9 Å². The van der Waals surface area contributed by atoms with E-state index >= 15 is 0 Å². The van der Waals surface area contributed by atoms with Gasteiger partial charge in [0.2, 0.25) is 11.9 Å². The molecule has 3 amide bonds. The molecule has 0 radical (unpaired) electrons. The summed E-state index contributed by atoms with van der Waals surface area (Å²) >= 11 is 0. The minimum atomic E-state index is -3.09. The molecular formula is C21H28N6O4S. The third kappa shape index (κ3) is 4.77. The summed E-state index contributed by atoms with van der Waals surface area (Å²) in [5.41, 5.74) is 0.854. The first-order valence-corrected chi connectivity index (χ1v) is 12.8. The van der Waals surface area contributed by atoms with Crippen LogP contribution >= 0.6 is 0 Å². The van der Waals surface area contributed by atoms with E-state index in [9.17, 15) is 18.0 Å². The number of para-hydroxylation sites is 1. The van der Waals surface area contributed by atoms with Crippen molar-refractivity contribution in [2.45, 2.75) is 38.6 Å². The van der Waals surface area contributed by atoms with E-state index in [0.717, 1.165) is 24.4 Å². The average molecular weight is 461 g/mol. The SMILES string of the molecule is CCc1nc(NC(=O)[C@@H]2CCCCN2C(=O)N2CCS(=O)(=O)CC2)nn1-c1ccccc1. The Morgan fingerprint density at radius 2 is 1.81 bits per heavy atom. The molecule has 32 heavy (non-hydrogen) atoms. The van der Waals surface area contributed by atoms with Crippen molar-refractivity contribution in [1.29, 1.82) is 0 Å². The monoisotopic (exact) mass is 460 g/mol. The summed E-state index contributed by atoms with van der Waals surface area (Å²) in [6.45, 7) is 2.76. The molecule has 0 spiro atoms. The number of carbonyl (C=O) groups is 2. The van der Waals surface area contributed by atoms with Gasteiger partial charge in [0.05, 0.1) is 17.2 Å². The Bertz CT molecular complexity index is 1070. The molecule has 2 aromatic rings. The number of rotatable bonds is 4. The lowest BCUT2D eigenvalue weighted by atomic mass is 10.0. The molecule has 0 saturated carbocycles. The van der Waals surface area contributed by atoms with Gasteiger partial charge in [0, 0.05) is 26.1 Å². The first-order chi connectivity index (χ1) is 15.4. The van der Waals surface area contributed by atoms with Crippen LogP contribution < -0.4 is 5.32 Å². The maximum atomic E-state index is 13.1. The van der Waals surface area contributed by atoms with Gasteiger partial charge in [0.25, 0.3) is 0 Å². The number of piperidine rings is 1. The smallest absolute Gasteiger partial charge is 0.320 e. The van der Waals surface area contributed by atoms with Gasteiger partial charge in [-0.15, -0.1) is 5.10 Å². The number of benzene rings is 1. The van der Waals surface area contributed by atoms with E-state index in [4.69, 9.17) is 0 Å². The zero-order valence-electron chi connectivity index (χ0n) is 18.1. The Balaban J connectivity index is 1.48. The first-order valence-electron chi connectivity index (χ1n) is 11.0. The van der Waals surface area contributed by atoms with Crippen LogP contribution in [0.2, 0.25) is 0 Å². The lowest BCUT2D eigenvalue weighted by Gasteiger charge is -2.39. The number of sulfone groups is 1. The van der Waals surface area contributed by atoms with Crippen LogP contribution in [-0.4, -0.2) is 82.1 Å². The van der Waals surface area contributed by atoms with Gasteiger partial charge in [0.15, 0.2) is 9.84 Å². The van der Waals surface area contributed by atoms with E-state index in [1.54, 1.807) is 9.58 Å². The number of likely N-dealkylation sites (tertiary alicyclic amines) is 1. The summed E-state index contributed by atoms with van der Waals surface area (Å²) in [4.78, 5) is 33.7. The molecule has 2 aliphatic heterocycles. The second-order valence-corrected chi connectivity index (χ2v) is 10.4. The fourth-order valence-electron chi connectivity index (χ4n) is 4.11. The van der Waals surface area contributed by atoms with Crippen molar-refractivity contribution < 1.29 is 18.0 Å². The number of amides is 3. The molecule has 2 aliphatic rings. The Morgan fingerprint density at radius 1 is 1.09 bits per heavy atom. The second-order valence-electron chi connectivity index (χ2n) is 8.07. The van der Waals surface area contributed by atoms with Gasteiger partial charge in [-0.1, -0.05) is 25.1 Å². The summed E-state index contributed by atoms with van der Waals surface area (Å²) < 4.78 is 25.1. The number of carbonyl (C=O) groups excluding carboxylic acids is 2. The second kappa shape index (κ2) is 9.27. The van der Waals surface area contributed by atoms with Crippen LogP contribution in [0.5, 0.6) is 0 Å². The van der Waals surface area contributed by atoms with Crippen LogP contribution in [0.3, 0.4) is 0 Å². The minimum Gasteiger partial charge on any atom is -0.323 e. The molecule has 11 heteroatoms. The number of hydrogen-bond donors (Lipinski definition) is 1. The van der Waals surface area contributed by atoms with Gasteiger partial charge in [0.1, 0.15) is 11.9 Å². The van der Waals surface area contributed by atoms with E-state index in [-0.39, 0.29) is 42.5 Å². The number of nitrogens with one attached hydrogen (secondary N) is 1. The van der Waals surface area contributed by atoms with Crippen LogP contribution in [0.1, 0.15) is 32.0 Å². The van der Waals surface area contributed by atoms with Gasteiger partial charge in [-0.25, -0.2) is 17.9 Å². The molecule has 0 aliphatic carbocycles. The quantitative estimate of drug-likeness (QED) is 0.738. The average Bonchev–Trinajstić information content (AvgIpc) is 3.22. The van der Waals surface area contributed by atoms with E-state index in [0.29, 0.717) is 19.4 Å². The van der Waals surface area contributed by atoms with Crippen molar-refractivity contribution in [3.05, 3.63) is 36.2 Å². The number of aromatic nitrogens is 3. The van der Waals surface area contributed by atoms with Crippen molar-refractivity contribution in [2.75, 3.05) is 36.5 Å². The number of nitrogens with zero attached hydrogens (tertiary/aromatic N) is 5. The predicted molar refractivity (Wildman–Crippen MR) is 119 cm³/mol. The summed E-state index contributed by atoms with van der Waals surface area (Å²) in [7, 11) is -3.09. The molecule has 1 N–H and O–H groups in total. The molecule has 172 valence electrons. The number of hydrogen-bond acceptors (Lipinski definition) is 6. The summed E-state index contributed by atoms with van der Waals surface area (Å²) in [6.07, 6.45) is 2.83. The van der Waals surface area contributed by atoms with Gasteiger partial charge in [-0.05, 0) is 31.4 Å². The topological polar surface area (TPSA) is 118 Å². The normalized spacial score (nSPS) is 20.7. The molecule has 2 saturated heterocycles. The fourth-order valence-corrected chi connectivity index (χ4v) is 5.32. The van der Waals surface area contributed by atoms with Crippen molar-refractivity contribution >= 4 is 27.7 Å². The van der Waals surface area contributed by atoms with Gasteiger partial charge < -0.3 is 9.80 Å². The number of anilines is 1. The Labute approximate surface area is 187 Å². The Kier molecular flexibility index (Phi) is 6.45.